The van der Waals surface area contributed by atoms with Gasteiger partial charge < -0.3 is 29.7 Å². The average Bonchev–Trinajstić information content (AvgIpc) is 3.14. The highest BCUT2D eigenvalue weighted by molar-refractivity contribution is 7.89. The smallest absolute Gasteiger partial charge is 0.240 e. The highest BCUT2D eigenvalue weighted by Crippen LogP contribution is 2.39. The third-order valence-corrected chi connectivity index (χ3v) is 10.3. The van der Waals surface area contributed by atoms with Gasteiger partial charge in [0.25, 0.3) is 0 Å². The molecule has 0 spiro atoms. The maximum atomic E-state index is 12.9. The molecule has 1 aliphatic rings. The summed E-state index contributed by atoms with van der Waals surface area (Å²) in [6, 6.07) is 38.3. The number of ether oxygens (including phenoxy) is 2. The molecule has 5 aromatic carbocycles. The molecule has 1 fully saturated rings. The highest BCUT2D eigenvalue weighted by Gasteiger charge is 2.33. The maximum absolute atomic E-state index is 12.9. The van der Waals surface area contributed by atoms with Crippen LogP contribution >= 0.6 is 0 Å². The standard InChI is InChI=1S/C40H42N2O7S/c1-42(26-38(45)32-9-7-10-34(44)22-32)25-35-23-39(30-16-14-28(27-43)15-17-30)49-40(48-35)31-20-18-29(19-21-31)37-13-6-5-8-33(37)24-41-50(46,47)36-11-3-2-4-12-36/h2-22,35,38-41,43-45H,23-27H2,1H3/t35-,38+,39+,40+/m0/s1. The van der Waals surface area contributed by atoms with Crippen molar-refractivity contribution < 1.29 is 33.2 Å². The number of hydrogen-bond donors (Lipinski definition) is 4. The molecule has 5 aromatic rings. The minimum absolute atomic E-state index is 0.0408. The normalized spacial score (nSPS) is 18.6. The molecule has 0 unspecified atom stereocenters. The minimum atomic E-state index is -3.67. The van der Waals surface area contributed by atoms with Crippen molar-refractivity contribution in [3.63, 3.8) is 0 Å². The molecule has 1 saturated heterocycles. The van der Waals surface area contributed by atoms with Crippen molar-refractivity contribution in [2.45, 2.75) is 49.1 Å². The molecule has 6 rings (SSSR count). The molecule has 50 heavy (non-hydrogen) atoms. The van der Waals surface area contributed by atoms with Gasteiger partial charge in [0, 0.05) is 31.6 Å². The second kappa shape index (κ2) is 16.1. The van der Waals surface area contributed by atoms with Gasteiger partial charge >= 0.3 is 0 Å². The first-order valence-corrected chi connectivity index (χ1v) is 18.1. The van der Waals surface area contributed by atoms with E-state index < -0.39 is 22.4 Å². The van der Waals surface area contributed by atoms with E-state index in [1.165, 1.54) is 0 Å². The van der Waals surface area contributed by atoms with Crippen LogP contribution in [0.25, 0.3) is 11.1 Å². The number of aliphatic hydroxyl groups excluding tert-OH is 2. The second-order valence-corrected chi connectivity index (χ2v) is 14.4. The Morgan fingerprint density at radius 1 is 0.840 bits per heavy atom. The maximum Gasteiger partial charge on any atom is 0.240 e. The van der Waals surface area contributed by atoms with E-state index in [2.05, 4.69) is 4.72 Å². The Hall–Kier alpha value is -4.39. The van der Waals surface area contributed by atoms with E-state index >= 15 is 0 Å². The van der Waals surface area contributed by atoms with E-state index in [1.54, 1.807) is 54.6 Å². The monoisotopic (exact) mass is 694 g/mol. The number of hydrogen-bond acceptors (Lipinski definition) is 8. The summed E-state index contributed by atoms with van der Waals surface area (Å²) in [5.41, 5.74) is 5.94. The first-order valence-electron chi connectivity index (χ1n) is 16.6. The van der Waals surface area contributed by atoms with Crippen LogP contribution in [0.1, 0.15) is 52.7 Å². The summed E-state index contributed by atoms with van der Waals surface area (Å²) >= 11 is 0. The Labute approximate surface area is 293 Å². The fourth-order valence-electron chi connectivity index (χ4n) is 6.22. The zero-order chi connectivity index (χ0) is 35.1. The number of phenolic OH excluding ortho intramolecular Hbond substituents is 1. The molecular formula is C40H42N2O7S. The van der Waals surface area contributed by atoms with Gasteiger partial charge in [0.1, 0.15) is 5.75 Å². The lowest BCUT2D eigenvalue weighted by molar-refractivity contribution is -0.252. The molecule has 260 valence electrons. The summed E-state index contributed by atoms with van der Waals surface area (Å²) < 4.78 is 41.6. The van der Waals surface area contributed by atoms with Crippen LogP contribution < -0.4 is 4.72 Å². The van der Waals surface area contributed by atoms with Crippen molar-refractivity contribution in [3.05, 3.63) is 155 Å². The highest BCUT2D eigenvalue weighted by atomic mass is 32.2. The van der Waals surface area contributed by atoms with Crippen LogP contribution in [-0.2, 0) is 32.6 Å². The number of nitrogens with zero attached hydrogens (tertiary/aromatic N) is 1. The zero-order valence-electron chi connectivity index (χ0n) is 27.8. The summed E-state index contributed by atoms with van der Waals surface area (Å²) in [5.74, 6) is 0.108. The van der Waals surface area contributed by atoms with E-state index in [0.717, 1.165) is 33.4 Å². The topological polar surface area (TPSA) is 129 Å². The number of sulfonamides is 1. The zero-order valence-corrected chi connectivity index (χ0v) is 28.6. The molecule has 4 atom stereocenters. The molecule has 10 heteroatoms. The number of aromatic hydroxyl groups is 1. The van der Waals surface area contributed by atoms with Crippen LogP contribution in [0.2, 0.25) is 0 Å². The van der Waals surface area contributed by atoms with Gasteiger partial charge in [-0.1, -0.05) is 103 Å². The van der Waals surface area contributed by atoms with Gasteiger partial charge in [-0.2, -0.15) is 0 Å². The Morgan fingerprint density at radius 3 is 2.26 bits per heavy atom. The molecule has 0 bridgehead atoms. The number of phenols is 1. The van der Waals surface area contributed by atoms with Gasteiger partial charge in [-0.3, -0.25) is 0 Å². The largest absolute Gasteiger partial charge is 0.508 e. The summed E-state index contributed by atoms with van der Waals surface area (Å²) in [7, 11) is -1.74. The van der Waals surface area contributed by atoms with Crippen LogP contribution in [0.5, 0.6) is 5.75 Å². The fraction of sp³-hybridized carbons (Fsp3) is 0.250. The summed E-state index contributed by atoms with van der Waals surface area (Å²) in [6.07, 6.45) is -1.35. The molecule has 4 N–H and O–H groups in total. The lowest BCUT2D eigenvalue weighted by atomic mass is 9.97. The second-order valence-electron chi connectivity index (χ2n) is 12.6. The van der Waals surface area contributed by atoms with Crippen LogP contribution in [0.15, 0.2) is 132 Å². The third-order valence-electron chi connectivity index (χ3n) is 8.89. The van der Waals surface area contributed by atoms with Gasteiger partial charge in [-0.05, 0) is 64.7 Å². The van der Waals surface area contributed by atoms with Crippen molar-refractivity contribution in [2.24, 2.45) is 0 Å². The molecule has 9 nitrogen and oxygen atoms in total. The van der Waals surface area contributed by atoms with E-state index in [4.69, 9.17) is 9.47 Å². The Kier molecular flexibility index (Phi) is 11.4. The van der Waals surface area contributed by atoms with Gasteiger partial charge in [-0.15, -0.1) is 0 Å². The van der Waals surface area contributed by atoms with E-state index in [0.29, 0.717) is 25.1 Å². The average molecular weight is 695 g/mol. The summed E-state index contributed by atoms with van der Waals surface area (Å²) in [5, 5.41) is 30.3. The van der Waals surface area contributed by atoms with Gasteiger partial charge in [0.2, 0.25) is 10.0 Å². The fourth-order valence-corrected chi connectivity index (χ4v) is 7.25. The molecule has 0 amide bonds. The van der Waals surface area contributed by atoms with Crippen molar-refractivity contribution in [1.82, 2.24) is 9.62 Å². The van der Waals surface area contributed by atoms with Crippen molar-refractivity contribution in [2.75, 3.05) is 20.1 Å². The molecule has 1 heterocycles. The van der Waals surface area contributed by atoms with Gasteiger partial charge in [0.15, 0.2) is 6.29 Å². The Balaban J connectivity index is 1.18. The minimum Gasteiger partial charge on any atom is -0.508 e. The number of aliphatic hydroxyl groups is 2. The Morgan fingerprint density at radius 2 is 1.54 bits per heavy atom. The first-order chi connectivity index (χ1) is 24.2. The van der Waals surface area contributed by atoms with Gasteiger partial charge in [0.05, 0.1) is 29.8 Å². The van der Waals surface area contributed by atoms with E-state index in [-0.39, 0.29) is 36.0 Å². The predicted octanol–water partition coefficient (Wildman–Crippen LogP) is 6.24. The summed E-state index contributed by atoms with van der Waals surface area (Å²) in [6.45, 7) is 0.975. The molecule has 0 aliphatic carbocycles. The van der Waals surface area contributed by atoms with E-state index in [1.807, 2.05) is 84.7 Å². The van der Waals surface area contributed by atoms with E-state index in [9.17, 15) is 23.7 Å². The van der Waals surface area contributed by atoms with Crippen molar-refractivity contribution in [1.29, 1.82) is 0 Å². The van der Waals surface area contributed by atoms with Gasteiger partial charge in [-0.25, -0.2) is 13.1 Å². The molecular weight excluding hydrogens is 653 g/mol. The molecule has 0 aromatic heterocycles. The number of likely N-dealkylation sites (N-methyl/N-ethyl adjacent to an activating group) is 1. The van der Waals surface area contributed by atoms with Crippen LogP contribution in [0.3, 0.4) is 0 Å². The molecule has 1 aliphatic heterocycles. The quantitative estimate of drug-likeness (QED) is 0.114. The SMILES string of the molecule is CN(C[C@@H]1C[C@H](c2ccc(CO)cc2)O[C@H](c2ccc(-c3ccccc3CNS(=O)(=O)c3ccccc3)cc2)O1)C[C@@H](O)c1cccc(O)c1. The lowest BCUT2D eigenvalue weighted by Crippen LogP contribution is -2.39. The molecule has 0 saturated carbocycles. The number of benzene rings is 5. The Bertz CT molecular complexity index is 1950. The van der Waals surface area contributed by atoms with Crippen LogP contribution in [0, 0.1) is 0 Å². The third kappa shape index (κ3) is 8.85. The lowest BCUT2D eigenvalue weighted by Gasteiger charge is -2.38. The predicted molar refractivity (Wildman–Crippen MR) is 191 cm³/mol. The van der Waals surface area contributed by atoms with Crippen LogP contribution in [-0.4, -0.2) is 54.9 Å². The number of nitrogens with one attached hydrogen (secondary N) is 1. The first kappa shape index (κ1) is 35.4. The van der Waals surface area contributed by atoms with Crippen molar-refractivity contribution in [3.8, 4) is 16.9 Å². The van der Waals surface area contributed by atoms with Crippen LogP contribution in [0.4, 0.5) is 0 Å². The van der Waals surface area contributed by atoms with Crippen molar-refractivity contribution >= 4 is 10.0 Å². The number of rotatable bonds is 13. The summed E-state index contributed by atoms with van der Waals surface area (Å²) in [4.78, 5) is 2.23. The molecule has 0 radical (unpaired) electrons.